The number of carbonyl (C=O) groups excluding carboxylic acids is 1. The van der Waals surface area contributed by atoms with Gasteiger partial charge < -0.3 is 4.74 Å². The molecule has 3 nitrogen and oxygen atoms in total. The number of hydrogen-bond donors (Lipinski definition) is 0. The van der Waals surface area contributed by atoms with E-state index < -0.39 is 0 Å². The van der Waals surface area contributed by atoms with Crippen LogP contribution in [0.25, 0.3) is 0 Å². The highest BCUT2D eigenvalue weighted by molar-refractivity contribution is 7.09. The maximum atomic E-state index is 11.9. The average molecular weight is 330 g/mol. The van der Waals surface area contributed by atoms with E-state index >= 15 is 0 Å². The molecule has 2 aromatic rings. The van der Waals surface area contributed by atoms with E-state index in [0.717, 1.165) is 12.1 Å². The van der Waals surface area contributed by atoms with Crippen molar-refractivity contribution in [2.45, 2.75) is 13.3 Å². The second kappa shape index (κ2) is 7.18. The minimum atomic E-state index is -0.107. The van der Waals surface area contributed by atoms with Gasteiger partial charge in [-0.05, 0) is 25.1 Å². The Bertz CT molecular complexity index is 613. The number of ketones is 1. The van der Waals surface area contributed by atoms with Gasteiger partial charge in [0, 0.05) is 16.9 Å². The van der Waals surface area contributed by atoms with Crippen LogP contribution in [0.2, 0.25) is 10.0 Å². The van der Waals surface area contributed by atoms with Crippen LogP contribution in [-0.2, 0) is 11.2 Å². The van der Waals surface area contributed by atoms with Gasteiger partial charge in [0.2, 0.25) is 0 Å². The maximum Gasteiger partial charge on any atom is 0.188 e. The second-order valence-corrected chi connectivity index (χ2v) is 5.97. The Morgan fingerprint density at radius 1 is 1.35 bits per heavy atom. The van der Waals surface area contributed by atoms with Gasteiger partial charge in [-0.3, -0.25) is 4.79 Å². The molecule has 0 aliphatic carbocycles. The third-order valence-electron chi connectivity index (χ3n) is 2.79. The predicted molar refractivity (Wildman–Crippen MR) is 82.2 cm³/mol. The van der Waals surface area contributed by atoms with Gasteiger partial charge in [0.1, 0.15) is 6.61 Å². The summed E-state index contributed by atoms with van der Waals surface area (Å²) in [6.07, 6.45) is 0.769. The summed E-state index contributed by atoms with van der Waals surface area (Å²) in [5.41, 5.74) is 3.34. The number of hydrogen-bond acceptors (Lipinski definition) is 4. The van der Waals surface area contributed by atoms with Gasteiger partial charge in [-0.1, -0.05) is 23.2 Å². The van der Waals surface area contributed by atoms with Crippen LogP contribution in [0.5, 0.6) is 0 Å². The number of benzene rings is 1. The van der Waals surface area contributed by atoms with Gasteiger partial charge in [0.25, 0.3) is 0 Å². The molecule has 0 unspecified atom stereocenters. The molecule has 0 atom stereocenters. The Hall–Kier alpha value is -0.940. The lowest BCUT2D eigenvalue weighted by atomic mass is 10.1. The second-order valence-electron chi connectivity index (χ2n) is 4.22. The fourth-order valence-electron chi connectivity index (χ4n) is 1.65. The topological polar surface area (TPSA) is 39.2 Å². The van der Waals surface area contributed by atoms with E-state index in [1.165, 1.54) is 4.88 Å². The molecule has 0 saturated carbocycles. The largest absolute Gasteiger partial charge is 0.373 e. The minimum Gasteiger partial charge on any atom is -0.373 e. The van der Waals surface area contributed by atoms with Crippen molar-refractivity contribution in [2.75, 3.05) is 13.2 Å². The van der Waals surface area contributed by atoms with Gasteiger partial charge in [0.05, 0.1) is 27.9 Å². The zero-order valence-electron chi connectivity index (χ0n) is 10.9. The van der Waals surface area contributed by atoms with E-state index in [4.69, 9.17) is 27.9 Å². The Morgan fingerprint density at radius 3 is 2.80 bits per heavy atom. The number of nitrogens with zero attached hydrogens (tertiary/aromatic N) is 1. The highest BCUT2D eigenvalue weighted by Crippen LogP contribution is 2.22. The first kappa shape index (κ1) is 15.4. The Kier molecular flexibility index (Phi) is 5.54. The number of thiazole rings is 1. The van der Waals surface area contributed by atoms with E-state index in [0.29, 0.717) is 22.2 Å². The molecule has 0 fully saturated rings. The average Bonchev–Trinajstić information content (AvgIpc) is 2.83. The van der Waals surface area contributed by atoms with E-state index in [1.807, 2.05) is 12.4 Å². The van der Waals surface area contributed by atoms with E-state index in [2.05, 4.69) is 4.98 Å². The summed E-state index contributed by atoms with van der Waals surface area (Å²) in [4.78, 5) is 17.3. The van der Waals surface area contributed by atoms with Crippen LogP contribution in [0.4, 0.5) is 0 Å². The summed E-state index contributed by atoms with van der Waals surface area (Å²) in [5, 5.41) is 0.808. The number of carbonyl (C=O) groups is 1. The van der Waals surface area contributed by atoms with Gasteiger partial charge in [-0.2, -0.15) is 0 Å². The molecule has 0 saturated heterocycles. The highest BCUT2D eigenvalue weighted by atomic mass is 35.5. The van der Waals surface area contributed by atoms with Crippen molar-refractivity contribution in [2.24, 2.45) is 0 Å². The smallest absolute Gasteiger partial charge is 0.188 e. The van der Waals surface area contributed by atoms with Crippen LogP contribution in [0.15, 0.2) is 23.7 Å². The monoisotopic (exact) mass is 329 g/mol. The van der Waals surface area contributed by atoms with Gasteiger partial charge in [-0.25, -0.2) is 4.98 Å². The number of rotatable bonds is 6. The first-order valence-electron chi connectivity index (χ1n) is 6.03. The molecule has 2 rings (SSSR count). The molecule has 0 N–H and O–H groups in total. The molecule has 0 spiro atoms. The molecule has 1 heterocycles. The van der Waals surface area contributed by atoms with E-state index in [-0.39, 0.29) is 12.4 Å². The summed E-state index contributed by atoms with van der Waals surface area (Å²) in [6, 6.07) is 4.81. The number of Topliss-reactive ketones (excluding diaryl/α,β-unsaturated/α-hetero) is 1. The van der Waals surface area contributed by atoms with Crippen molar-refractivity contribution in [3.8, 4) is 0 Å². The van der Waals surface area contributed by atoms with E-state index in [9.17, 15) is 4.79 Å². The quantitative estimate of drug-likeness (QED) is 0.589. The molecule has 106 valence electrons. The summed E-state index contributed by atoms with van der Waals surface area (Å²) in [5.74, 6) is -0.107. The Balaban J connectivity index is 1.80. The van der Waals surface area contributed by atoms with Crippen LogP contribution in [0, 0.1) is 6.92 Å². The Labute approximate surface area is 131 Å². The lowest BCUT2D eigenvalue weighted by Crippen LogP contribution is -2.11. The molecule has 0 amide bonds. The molecule has 1 aromatic carbocycles. The van der Waals surface area contributed by atoms with Crippen molar-refractivity contribution in [3.05, 3.63) is 49.9 Å². The summed E-state index contributed by atoms with van der Waals surface area (Å²) < 4.78 is 5.40. The predicted octanol–water partition coefficient (Wildman–Crippen LogP) is 4.20. The van der Waals surface area contributed by atoms with Crippen molar-refractivity contribution < 1.29 is 9.53 Å². The van der Waals surface area contributed by atoms with Crippen molar-refractivity contribution in [1.29, 1.82) is 0 Å². The minimum absolute atomic E-state index is 0.0375. The normalized spacial score (nSPS) is 10.8. The van der Waals surface area contributed by atoms with Crippen LogP contribution in [0.3, 0.4) is 0 Å². The summed E-state index contributed by atoms with van der Waals surface area (Å²) in [7, 11) is 0. The van der Waals surface area contributed by atoms with Gasteiger partial charge >= 0.3 is 0 Å². The molecule has 6 heteroatoms. The molecule has 0 radical (unpaired) electrons. The van der Waals surface area contributed by atoms with Crippen LogP contribution in [0.1, 0.15) is 20.9 Å². The van der Waals surface area contributed by atoms with Crippen LogP contribution < -0.4 is 0 Å². The lowest BCUT2D eigenvalue weighted by Gasteiger charge is -2.04. The number of ether oxygens (including phenoxy) is 1. The SMILES string of the molecule is Cc1ncsc1CCOCC(=O)c1ccc(Cl)c(Cl)c1. The standard InChI is InChI=1S/C14H13Cl2NO2S/c1-9-14(20-8-17-9)4-5-19-7-13(18)10-2-3-11(15)12(16)6-10/h2-3,6,8H,4-5,7H2,1H3. The Morgan fingerprint density at radius 2 is 2.15 bits per heavy atom. The van der Waals surface area contributed by atoms with Crippen molar-refractivity contribution >= 4 is 40.3 Å². The van der Waals surface area contributed by atoms with E-state index in [1.54, 1.807) is 29.5 Å². The summed E-state index contributed by atoms with van der Waals surface area (Å²) in [6.45, 7) is 2.50. The highest BCUT2D eigenvalue weighted by Gasteiger charge is 2.09. The van der Waals surface area contributed by atoms with Gasteiger partial charge in [0.15, 0.2) is 5.78 Å². The van der Waals surface area contributed by atoms with Crippen LogP contribution in [-0.4, -0.2) is 24.0 Å². The van der Waals surface area contributed by atoms with Gasteiger partial charge in [-0.15, -0.1) is 11.3 Å². The first-order chi connectivity index (χ1) is 9.58. The molecule has 1 aromatic heterocycles. The fraction of sp³-hybridized carbons (Fsp3) is 0.286. The number of aromatic nitrogens is 1. The number of halogens is 2. The van der Waals surface area contributed by atoms with Crippen molar-refractivity contribution in [1.82, 2.24) is 4.98 Å². The third kappa shape index (κ3) is 4.03. The number of aryl methyl sites for hydroxylation is 1. The third-order valence-corrected chi connectivity index (χ3v) is 4.53. The molecular formula is C14H13Cl2NO2S. The van der Waals surface area contributed by atoms with Crippen molar-refractivity contribution in [3.63, 3.8) is 0 Å². The molecule has 0 aliphatic rings. The van der Waals surface area contributed by atoms with Crippen LogP contribution >= 0.6 is 34.5 Å². The molecular weight excluding hydrogens is 317 g/mol. The zero-order valence-corrected chi connectivity index (χ0v) is 13.2. The lowest BCUT2D eigenvalue weighted by molar-refractivity contribution is 0.0766. The zero-order chi connectivity index (χ0) is 14.5. The molecule has 20 heavy (non-hydrogen) atoms. The maximum absolute atomic E-state index is 11.9. The molecule has 0 aliphatic heterocycles. The summed E-state index contributed by atoms with van der Waals surface area (Å²) >= 11 is 13.3. The fourth-order valence-corrected chi connectivity index (χ4v) is 2.71. The first-order valence-corrected chi connectivity index (χ1v) is 7.66. The molecule has 0 bridgehead atoms.